The van der Waals surface area contributed by atoms with Crippen LogP contribution < -0.4 is 10.9 Å². The topological polar surface area (TPSA) is 62.0 Å². The van der Waals surface area contributed by atoms with E-state index in [2.05, 4.69) is 34.6 Å². The summed E-state index contributed by atoms with van der Waals surface area (Å²) < 4.78 is 0. The quantitative estimate of drug-likeness (QED) is 0.765. The molecule has 1 saturated carbocycles. The van der Waals surface area contributed by atoms with Gasteiger partial charge in [-0.15, -0.1) is 0 Å². The van der Waals surface area contributed by atoms with Crippen LogP contribution in [0.25, 0.3) is 10.8 Å². The number of aryl methyl sites for hydroxylation is 1. The molecular formula is C21H20N2O2. The summed E-state index contributed by atoms with van der Waals surface area (Å²) in [5.74, 6) is 0.235. The Kier molecular flexibility index (Phi) is 3.88. The molecule has 3 aromatic rings. The molecule has 126 valence electrons. The average Bonchev–Trinajstić information content (AvgIpc) is 3.45. The van der Waals surface area contributed by atoms with Crippen LogP contribution in [0.5, 0.6) is 0 Å². The zero-order valence-electron chi connectivity index (χ0n) is 14.1. The minimum Gasteiger partial charge on any atom is -0.344 e. The fourth-order valence-electron chi connectivity index (χ4n) is 3.23. The van der Waals surface area contributed by atoms with Gasteiger partial charge in [0.15, 0.2) is 0 Å². The van der Waals surface area contributed by atoms with Crippen LogP contribution in [0, 0.1) is 12.8 Å². The first-order valence-corrected chi connectivity index (χ1v) is 8.61. The van der Waals surface area contributed by atoms with Crippen LogP contribution in [0.2, 0.25) is 0 Å². The van der Waals surface area contributed by atoms with Crippen molar-refractivity contribution in [3.8, 4) is 0 Å². The Labute approximate surface area is 145 Å². The number of hydrogen-bond donors (Lipinski definition) is 2. The lowest BCUT2D eigenvalue weighted by molar-refractivity contribution is 0.0926. The van der Waals surface area contributed by atoms with Crippen LogP contribution >= 0.6 is 0 Å². The molecule has 1 heterocycles. The zero-order chi connectivity index (χ0) is 17.4. The predicted octanol–water partition coefficient (Wildman–Crippen LogP) is 3.72. The van der Waals surface area contributed by atoms with Crippen LogP contribution in [0.3, 0.4) is 0 Å². The molecule has 1 aliphatic rings. The van der Waals surface area contributed by atoms with Crippen molar-refractivity contribution in [3.63, 3.8) is 0 Å². The molecule has 4 rings (SSSR count). The lowest BCUT2D eigenvalue weighted by Crippen LogP contribution is -2.31. The Bertz CT molecular complexity index is 985. The van der Waals surface area contributed by atoms with Gasteiger partial charge in [-0.1, -0.05) is 48.0 Å². The molecule has 1 aliphatic carbocycles. The first-order chi connectivity index (χ1) is 12.1. The van der Waals surface area contributed by atoms with Crippen molar-refractivity contribution in [1.29, 1.82) is 0 Å². The number of carbonyl (C=O) groups is 1. The monoisotopic (exact) mass is 332 g/mol. The van der Waals surface area contributed by atoms with E-state index in [1.807, 2.05) is 25.1 Å². The summed E-state index contributed by atoms with van der Waals surface area (Å²) in [6.45, 7) is 2.05. The third-order valence-corrected chi connectivity index (χ3v) is 4.81. The molecule has 0 saturated heterocycles. The molecule has 0 bridgehead atoms. The fourth-order valence-corrected chi connectivity index (χ4v) is 3.23. The molecule has 0 radical (unpaired) electrons. The minimum atomic E-state index is -0.236. The number of benzene rings is 2. The fraction of sp³-hybridized carbons (Fsp3) is 0.238. The Balaban J connectivity index is 1.64. The molecule has 1 fully saturated rings. The van der Waals surface area contributed by atoms with Crippen molar-refractivity contribution in [3.05, 3.63) is 81.8 Å². The minimum absolute atomic E-state index is 0.0110. The van der Waals surface area contributed by atoms with Crippen molar-refractivity contribution in [2.75, 3.05) is 0 Å². The molecule has 0 unspecified atom stereocenters. The van der Waals surface area contributed by atoms with Gasteiger partial charge < -0.3 is 10.3 Å². The van der Waals surface area contributed by atoms with Gasteiger partial charge >= 0.3 is 0 Å². The molecule has 1 atom stereocenters. The molecule has 25 heavy (non-hydrogen) atoms. The summed E-state index contributed by atoms with van der Waals surface area (Å²) in [7, 11) is 0. The van der Waals surface area contributed by atoms with Crippen LogP contribution in [0.4, 0.5) is 0 Å². The number of fused-ring (bicyclic) bond motifs is 1. The van der Waals surface area contributed by atoms with E-state index in [1.54, 1.807) is 12.1 Å². The average molecular weight is 332 g/mol. The SMILES string of the molecule is Cc1ccc([C@@H](NC(=O)c2cc3ccccc3c(=O)[nH]2)C2CC2)cc1. The lowest BCUT2D eigenvalue weighted by atomic mass is 10.0. The Hall–Kier alpha value is -2.88. The van der Waals surface area contributed by atoms with E-state index in [0.717, 1.165) is 23.8 Å². The largest absolute Gasteiger partial charge is 0.344 e. The summed E-state index contributed by atoms with van der Waals surface area (Å²) in [4.78, 5) is 27.7. The maximum atomic E-state index is 12.7. The summed E-state index contributed by atoms with van der Waals surface area (Å²) in [5, 5.41) is 4.48. The van der Waals surface area contributed by atoms with Crippen LogP contribution in [0.1, 0.15) is 40.5 Å². The van der Waals surface area contributed by atoms with Gasteiger partial charge in [0.05, 0.1) is 6.04 Å². The van der Waals surface area contributed by atoms with Gasteiger partial charge in [0.1, 0.15) is 5.69 Å². The van der Waals surface area contributed by atoms with Crippen molar-refractivity contribution >= 4 is 16.7 Å². The summed E-state index contributed by atoms with van der Waals surface area (Å²) >= 11 is 0. The van der Waals surface area contributed by atoms with Crippen molar-refractivity contribution in [1.82, 2.24) is 10.3 Å². The Morgan fingerprint density at radius 1 is 1.12 bits per heavy atom. The van der Waals surface area contributed by atoms with Crippen molar-refractivity contribution in [2.45, 2.75) is 25.8 Å². The number of H-pyrrole nitrogens is 1. The summed E-state index contributed by atoms with van der Waals surface area (Å²) in [5.41, 5.74) is 2.39. The van der Waals surface area contributed by atoms with E-state index in [1.165, 1.54) is 5.56 Å². The molecule has 4 heteroatoms. The summed E-state index contributed by atoms with van der Waals surface area (Å²) in [6, 6.07) is 17.3. The van der Waals surface area contributed by atoms with Gasteiger partial charge in [-0.2, -0.15) is 0 Å². The van der Waals surface area contributed by atoms with Gasteiger partial charge in [-0.05, 0) is 48.8 Å². The predicted molar refractivity (Wildman–Crippen MR) is 98.7 cm³/mol. The molecule has 1 aromatic heterocycles. The van der Waals surface area contributed by atoms with Crippen LogP contribution in [0.15, 0.2) is 59.4 Å². The van der Waals surface area contributed by atoms with Crippen LogP contribution in [-0.4, -0.2) is 10.9 Å². The molecule has 0 aliphatic heterocycles. The van der Waals surface area contributed by atoms with Gasteiger partial charge in [0, 0.05) is 5.39 Å². The van der Waals surface area contributed by atoms with E-state index in [4.69, 9.17) is 0 Å². The van der Waals surface area contributed by atoms with E-state index >= 15 is 0 Å². The third kappa shape index (κ3) is 3.20. The Morgan fingerprint density at radius 3 is 2.56 bits per heavy atom. The van der Waals surface area contributed by atoms with E-state index in [-0.39, 0.29) is 17.5 Å². The highest BCUT2D eigenvalue weighted by Gasteiger charge is 2.33. The normalized spacial score (nSPS) is 15.1. The highest BCUT2D eigenvalue weighted by Crippen LogP contribution is 2.41. The number of pyridine rings is 1. The second-order valence-corrected chi connectivity index (χ2v) is 6.80. The number of aromatic amines is 1. The van der Waals surface area contributed by atoms with Gasteiger partial charge in [0.25, 0.3) is 11.5 Å². The maximum Gasteiger partial charge on any atom is 0.268 e. The summed E-state index contributed by atoms with van der Waals surface area (Å²) in [6.07, 6.45) is 2.24. The van der Waals surface area contributed by atoms with Crippen LogP contribution in [-0.2, 0) is 0 Å². The van der Waals surface area contributed by atoms with Gasteiger partial charge in [-0.3, -0.25) is 9.59 Å². The first kappa shape index (κ1) is 15.6. The molecule has 2 N–H and O–H groups in total. The molecule has 4 nitrogen and oxygen atoms in total. The highest BCUT2D eigenvalue weighted by atomic mass is 16.2. The van der Waals surface area contributed by atoms with Crippen molar-refractivity contribution < 1.29 is 4.79 Å². The number of nitrogens with one attached hydrogen (secondary N) is 2. The molecular weight excluding hydrogens is 312 g/mol. The van der Waals surface area contributed by atoms with E-state index in [9.17, 15) is 9.59 Å². The molecule has 2 aromatic carbocycles. The molecule has 0 spiro atoms. The Morgan fingerprint density at radius 2 is 1.84 bits per heavy atom. The third-order valence-electron chi connectivity index (χ3n) is 4.81. The number of carbonyl (C=O) groups excluding carboxylic acids is 1. The van der Waals surface area contributed by atoms with Crippen molar-refractivity contribution in [2.24, 2.45) is 5.92 Å². The molecule has 1 amide bonds. The number of rotatable bonds is 4. The number of aromatic nitrogens is 1. The van der Waals surface area contributed by atoms with Gasteiger partial charge in [0.2, 0.25) is 0 Å². The number of hydrogen-bond acceptors (Lipinski definition) is 2. The second-order valence-electron chi connectivity index (χ2n) is 6.80. The standard InChI is InChI=1S/C21H20N2O2/c1-13-6-8-14(9-7-13)19(15-10-11-15)23-21(25)18-12-16-4-2-3-5-17(16)20(24)22-18/h2-9,12,15,19H,10-11H2,1H3,(H,22,24)(H,23,25)/t19-/m1/s1. The first-order valence-electron chi connectivity index (χ1n) is 8.61. The van der Waals surface area contributed by atoms with Gasteiger partial charge in [-0.25, -0.2) is 0 Å². The highest BCUT2D eigenvalue weighted by molar-refractivity contribution is 5.96. The second kappa shape index (κ2) is 6.20. The lowest BCUT2D eigenvalue weighted by Gasteiger charge is -2.19. The van der Waals surface area contributed by atoms with E-state index in [0.29, 0.717) is 17.0 Å². The maximum absolute atomic E-state index is 12.7. The zero-order valence-corrected chi connectivity index (χ0v) is 14.1. The number of amides is 1. The smallest absolute Gasteiger partial charge is 0.268 e. The van der Waals surface area contributed by atoms with E-state index < -0.39 is 0 Å².